The summed E-state index contributed by atoms with van der Waals surface area (Å²) in [5, 5.41) is 9.88. The molecule has 0 radical (unpaired) electrons. The van der Waals surface area contributed by atoms with Crippen molar-refractivity contribution in [2.75, 3.05) is 0 Å². The fourth-order valence-electron chi connectivity index (χ4n) is 4.08. The Balaban J connectivity index is 2.00. The lowest BCUT2D eigenvalue weighted by Crippen LogP contribution is -2.29. The van der Waals surface area contributed by atoms with E-state index >= 15 is 0 Å². The van der Waals surface area contributed by atoms with Crippen molar-refractivity contribution in [1.82, 2.24) is 0 Å². The zero-order valence-corrected chi connectivity index (χ0v) is 6.92. The minimum atomic E-state index is 0.0891. The molecule has 0 heterocycles. The predicted octanol–water partition coefficient (Wildman–Crippen LogP) is 1.95. The van der Waals surface area contributed by atoms with Crippen molar-refractivity contribution >= 4 is 0 Å². The van der Waals surface area contributed by atoms with Crippen LogP contribution in [0.3, 0.4) is 0 Å². The van der Waals surface area contributed by atoms with Crippen molar-refractivity contribution in [2.45, 2.75) is 44.6 Å². The second kappa shape index (κ2) is 1.82. The van der Waals surface area contributed by atoms with E-state index in [0.29, 0.717) is 17.3 Å². The zero-order valence-electron chi connectivity index (χ0n) is 6.92. The first kappa shape index (κ1) is 6.47. The maximum Gasteiger partial charge on any atom is 0.0602 e. The van der Waals surface area contributed by atoms with Gasteiger partial charge < -0.3 is 5.11 Å². The molecule has 3 aliphatic rings. The van der Waals surface area contributed by atoms with E-state index in [1.807, 2.05) is 0 Å². The highest BCUT2D eigenvalue weighted by atomic mass is 16.3. The Morgan fingerprint density at radius 1 is 1.18 bits per heavy atom. The van der Waals surface area contributed by atoms with Crippen molar-refractivity contribution in [3.8, 4) is 0 Å². The van der Waals surface area contributed by atoms with E-state index < -0.39 is 0 Å². The first-order chi connectivity index (χ1) is 5.32. The quantitative estimate of drug-likeness (QED) is 0.562. The zero-order chi connectivity index (χ0) is 7.47. The molecule has 0 aromatic rings. The van der Waals surface area contributed by atoms with Gasteiger partial charge in [0, 0.05) is 0 Å². The SMILES string of the molecule is OC1C2CCC3(CCCC13)C2. The average Bonchev–Trinajstić information content (AvgIpc) is 2.61. The van der Waals surface area contributed by atoms with E-state index in [2.05, 4.69) is 0 Å². The minimum absolute atomic E-state index is 0.0891. The summed E-state index contributed by atoms with van der Waals surface area (Å²) < 4.78 is 0. The molecule has 0 saturated heterocycles. The van der Waals surface area contributed by atoms with Crippen molar-refractivity contribution in [2.24, 2.45) is 17.3 Å². The summed E-state index contributed by atoms with van der Waals surface area (Å²) in [6.45, 7) is 0. The fourth-order valence-corrected chi connectivity index (χ4v) is 4.08. The van der Waals surface area contributed by atoms with Crippen molar-refractivity contribution in [3.05, 3.63) is 0 Å². The van der Waals surface area contributed by atoms with Gasteiger partial charge in [0.05, 0.1) is 6.10 Å². The largest absolute Gasteiger partial charge is 0.393 e. The highest BCUT2D eigenvalue weighted by molar-refractivity contribution is 5.08. The Morgan fingerprint density at radius 3 is 2.91 bits per heavy atom. The Labute approximate surface area is 67.8 Å². The highest BCUT2D eigenvalue weighted by Crippen LogP contribution is 2.64. The molecule has 0 aliphatic heterocycles. The summed E-state index contributed by atoms with van der Waals surface area (Å²) in [4.78, 5) is 0. The number of aliphatic hydroxyl groups excluding tert-OH is 1. The molecule has 0 aromatic carbocycles. The van der Waals surface area contributed by atoms with Gasteiger partial charge in [-0.3, -0.25) is 0 Å². The Hall–Kier alpha value is -0.0400. The average molecular weight is 152 g/mol. The molecule has 62 valence electrons. The van der Waals surface area contributed by atoms with E-state index in [0.717, 1.165) is 0 Å². The van der Waals surface area contributed by atoms with Gasteiger partial charge in [-0.05, 0) is 49.4 Å². The second-order valence-corrected chi connectivity index (χ2v) is 4.85. The fraction of sp³-hybridized carbons (Fsp3) is 1.00. The predicted molar refractivity (Wildman–Crippen MR) is 43.1 cm³/mol. The number of aliphatic hydroxyl groups is 1. The first-order valence-electron chi connectivity index (χ1n) is 5.00. The number of hydrogen-bond acceptors (Lipinski definition) is 1. The number of rotatable bonds is 0. The standard InChI is InChI=1S/C10H16O/c11-9-7-3-5-10(6-7)4-1-2-8(9)10/h7-9,11H,1-6H2. The van der Waals surface area contributed by atoms with Crippen molar-refractivity contribution in [3.63, 3.8) is 0 Å². The van der Waals surface area contributed by atoms with Gasteiger partial charge in [-0.1, -0.05) is 6.42 Å². The summed E-state index contributed by atoms with van der Waals surface area (Å²) in [7, 11) is 0. The maximum atomic E-state index is 9.88. The van der Waals surface area contributed by atoms with E-state index in [1.165, 1.54) is 38.5 Å². The Bertz CT molecular complexity index is 185. The van der Waals surface area contributed by atoms with E-state index in [4.69, 9.17) is 0 Å². The van der Waals surface area contributed by atoms with E-state index in [1.54, 1.807) is 0 Å². The topological polar surface area (TPSA) is 20.2 Å². The summed E-state index contributed by atoms with van der Waals surface area (Å²) in [6, 6.07) is 0. The molecule has 3 saturated carbocycles. The van der Waals surface area contributed by atoms with Crippen LogP contribution in [-0.4, -0.2) is 11.2 Å². The van der Waals surface area contributed by atoms with Gasteiger partial charge in [0.2, 0.25) is 0 Å². The van der Waals surface area contributed by atoms with Crippen LogP contribution >= 0.6 is 0 Å². The second-order valence-electron chi connectivity index (χ2n) is 4.85. The lowest BCUT2D eigenvalue weighted by Gasteiger charge is -2.31. The first-order valence-corrected chi connectivity index (χ1v) is 5.00. The van der Waals surface area contributed by atoms with Crippen LogP contribution in [0.15, 0.2) is 0 Å². The third kappa shape index (κ3) is 0.618. The Kier molecular flexibility index (Phi) is 1.07. The molecule has 4 unspecified atom stereocenters. The van der Waals surface area contributed by atoms with Gasteiger partial charge in [-0.15, -0.1) is 0 Å². The summed E-state index contributed by atoms with van der Waals surface area (Å²) in [5.74, 6) is 1.40. The summed E-state index contributed by atoms with van der Waals surface area (Å²) in [5.41, 5.74) is 0.643. The molecule has 3 fully saturated rings. The molecular weight excluding hydrogens is 136 g/mol. The van der Waals surface area contributed by atoms with Crippen LogP contribution in [0.2, 0.25) is 0 Å². The summed E-state index contributed by atoms with van der Waals surface area (Å²) >= 11 is 0. The van der Waals surface area contributed by atoms with Crippen LogP contribution in [-0.2, 0) is 0 Å². The maximum absolute atomic E-state index is 9.88. The van der Waals surface area contributed by atoms with Gasteiger partial charge in [-0.25, -0.2) is 0 Å². The van der Waals surface area contributed by atoms with Crippen LogP contribution < -0.4 is 0 Å². The molecule has 1 spiro atoms. The molecule has 3 rings (SSSR count). The Morgan fingerprint density at radius 2 is 2.09 bits per heavy atom. The molecule has 1 heteroatoms. The third-order valence-electron chi connectivity index (χ3n) is 4.55. The van der Waals surface area contributed by atoms with E-state index in [-0.39, 0.29) is 6.10 Å². The minimum Gasteiger partial charge on any atom is -0.393 e. The molecule has 2 bridgehead atoms. The molecule has 4 atom stereocenters. The molecule has 1 N–H and O–H groups in total. The van der Waals surface area contributed by atoms with Gasteiger partial charge in [-0.2, -0.15) is 0 Å². The number of fused-ring (bicyclic) bond motifs is 1. The van der Waals surface area contributed by atoms with Crippen LogP contribution in [0.4, 0.5) is 0 Å². The van der Waals surface area contributed by atoms with Gasteiger partial charge >= 0.3 is 0 Å². The molecule has 0 aromatic heterocycles. The van der Waals surface area contributed by atoms with Gasteiger partial charge in [0.15, 0.2) is 0 Å². The smallest absolute Gasteiger partial charge is 0.0602 e. The molecule has 1 nitrogen and oxygen atoms in total. The number of hydrogen-bond donors (Lipinski definition) is 1. The van der Waals surface area contributed by atoms with Crippen molar-refractivity contribution < 1.29 is 5.11 Å². The van der Waals surface area contributed by atoms with Crippen LogP contribution in [0, 0.1) is 17.3 Å². The van der Waals surface area contributed by atoms with E-state index in [9.17, 15) is 5.11 Å². The molecule has 11 heavy (non-hydrogen) atoms. The van der Waals surface area contributed by atoms with Gasteiger partial charge in [0.25, 0.3) is 0 Å². The van der Waals surface area contributed by atoms with Crippen LogP contribution in [0.5, 0.6) is 0 Å². The van der Waals surface area contributed by atoms with Crippen LogP contribution in [0.1, 0.15) is 38.5 Å². The third-order valence-corrected chi connectivity index (χ3v) is 4.55. The molecule has 0 amide bonds. The van der Waals surface area contributed by atoms with Crippen LogP contribution in [0.25, 0.3) is 0 Å². The lowest BCUT2D eigenvalue weighted by molar-refractivity contribution is 0.0424. The van der Waals surface area contributed by atoms with Crippen molar-refractivity contribution in [1.29, 1.82) is 0 Å². The normalized spacial score (nSPS) is 60.3. The lowest BCUT2D eigenvalue weighted by atomic mass is 9.76. The monoisotopic (exact) mass is 152 g/mol. The summed E-state index contributed by atoms with van der Waals surface area (Å²) in [6.07, 6.45) is 8.32. The molecular formula is C10H16O. The van der Waals surface area contributed by atoms with Gasteiger partial charge in [0.1, 0.15) is 0 Å². The highest BCUT2D eigenvalue weighted by Gasteiger charge is 2.58. The molecule has 3 aliphatic carbocycles.